The Labute approximate surface area is 100 Å². The Morgan fingerprint density at radius 3 is 2.76 bits per heavy atom. The lowest BCUT2D eigenvalue weighted by molar-refractivity contribution is 0.303. The number of hydrogen-bond donors (Lipinski definition) is 1. The SMILES string of the molecule is COc1cccc(OCc2cncc(N)c2)c1. The van der Waals surface area contributed by atoms with Gasteiger partial charge in [0.1, 0.15) is 18.1 Å². The average Bonchev–Trinajstić information content (AvgIpc) is 2.37. The van der Waals surface area contributed by atoms with Crippen molar-refractivity contribution in [3.05, 3.63) is 48.3 Å². The summed E-state index contributed by atoms with van der Waals surface area (Å²) in [4.78, 5) is 4.00. The number of anilines is 1. The molecule has 0 bridgehead atoms. The van der Waals surface area contributed by atoms with Crippen LogP contribution in [-0.2, 0) is 6.61 Å². The molecule has 0 aliphatic rings. The summed E-state index contributed by atoms with van der Waals surface area (Å²) in [6.07, 6.45) is 3.34. The minimum Gasteiger partial charge on any atom is -0.497 e. The summed E-state index contributed by atoms with van der Waals surface area (Å²) in [6, 6.07) is 9.30. The van der Waals surface area contributed by atoms with E-state index in [4.69, 9.17) is 15.2 Å². The van der Waals surface area contributed by atoms with Crippen LogP contribution in [0.25, 0.3) is 0 Å². The van der Waals surface area contributed by atoms with Crippen LogP contribution in [0.1, 0.15) is 5.56 Å². The summed E-state index contributed by atoms with van der Waals surface area (Å²) < 4.78 is 10.7. The minimum absolute atomic E-state index is 0.436. The van der Waals surface area contributed by atoms with Crippen molar-refractivity contribution in [1.82, 2.24) is 4.98 Å². The van der Waals surface area contributed by atoms with E-state index < -0.39 is 0 Å². The molecule has 0 unspecified atom stereocenters. The van der Waals surface area contributed by atoms with E-state index in [0.717, 1.165) is 17.1 Å². The molecular weight excluding hydrogens is 216 g/mol. The van der Waals surface area contributed by atoms with Crippen LogP contribution < -0.4 is 15.2 Å². The number of aromatic nitrogens is 1. The van der Waals surface area contributed by atoms with Crippen molar-refractivity contribution in [3.63, 3.8) is 0 Å². The molecule has 0 fully saturated rings. The van der Waals surface area contributed by atoms with Gasteiger partial charge in [0.25, 0.3) is 0 Å². The van der Waals surface area contributed by atoms with Crippen LogP contribution >= 0.6 is 0 Å². The van der Waals surface area contributed by atoms with Gasteiger partial charge in [0, 0.05) is 24.0 Å². The van der Waals surface area contributed by atoms with Gasteiger partial charge in [0.15, 0.2) is 0 Å². The maximum absolute atomic E-state index is 5.64. The van der Waals surface area contributed by atoms with E-state index in [2.05, 4.69) is 4.98 Å². The molecule has 88 valence electrons. The standard InChI is InChI=1S/C13H14N2O2/c1-16-12-3-2-4-13(6-12)17-9-10-5-11(14)8-15-7-10/h2-8H,9,14H2,1H3. The first-order chi connectivity index (χ1) is 8.28. The van der Waals surface area contributed by atoms with E-state index in [9.17, 15) is 0 Å². The topological polar surface area (TPSA) is 57.4 Å². The zero-order valence-corrected chi connectivity index (χ0v) is 9.59. The summed E-state index contributed by atoms with van der Waals surface area (Å²) in [5.74, 6) is 1.53. The number of nitrogens with two attached hydrogens (primary N) is 1. The van der Waals surface area contributed by atoms with Gasteiger partial charge in [-0.1, -0.05) is 6.07 Å². The van der Waals surface area contributed by atoms with E-state index in [-0.39, 0.29) is 0 Å². The van der Waals surface area contributed by atoms with Crippen LogP contribution in [-0.4, -0.2) is 12.1 Å². The van der Waals surface area contributed by atoms with E-state index in [1.54, 1.807) is 19.5 Å². The van der Waals surface area contributed by atoms with Crippen molar-refractivity contribution in [2.24, 2.45) is 0 Å². The van der Waals surface area contributed by atoms with Gasteiger partial charge in [0.2, 0.25) is 0 Å². The minimum atomic E-state index is 0.436. The zero-order valence-electron chi connectivity index (χ0n) is 9.59. The first kappa shape index (κ1) is 11.3. The van der Waals surface area contributed by atoms with Crippen LogP contribution in [0.3, 0.4) is 0 Å². The molecule has 0 radical (unpaired) electrons. The molecule has 1 heterocycles. The number of nitrogen functional groups attached to an aromatic ring is 1. The molecule has 0 saturated heterocycles. The molecule has 1 aromatic carbocycles. The lowest BCUT2D eigenvalue weighted by atomic mass is 10.3. The molecule has 1 aromatic heterocycles. The smallest absolute Gasteiger partial charge is 0.123 e. The summed E-state index contributed by atoms with van der Waals surface area (Å²) in [7, 11) is 1.63. The van der Waals surface area contributed by atoms with Gasteiger partial charge in [-0.15, -0.1) is 0 Å². The average molecular weight is 230 g/mol. The molecule has 0 aliphatic carbocycles. The molecule has 0 atom stereocenters. The quantitative estimate of drug-likeness (QED) is 0.875. The third kappa shape index (κ3) is 3.11. The van der Waals surface area contributed by atoms with Gasteiger partial charge in [0.05, 0.1) is 12.8 Å². The van der Waals surface area contributed by atoms with E-state index in [1.807, 2.05) is 30.3 Å². The van der Waals surface area contributed by atoms with Crippen LogP contribution in [0.5, 0.6) is 11.5 Å². The van der Waals surface area contributed by atoms with E-state index in [1.165, 1.54) is 0 Å². The van der Waals surface area contributed by atoms with Gasteiger partial charge < -0.3 is 15.2 Å². The lowest BCUT2D eigenvalue weighted by Gasteiger charge is -2.07. The fraction of sp³-hybridized carbons (Fsp3) is 0.154. The molecule has 4 heteroatoms. The van der Waals surface area contributed by atoms with Gasteiger partial charge in [-0.2, -0.15) is 0 Å². The predicted octanol–water partition coefficient (Wildman–Crippen LogP) is 2.25. The molecule has 2 rings (SSSR count). The number of hydrogen-bond acceptors (Lipinski definition) is 4. The second-order valence-corrected chi connectivity index (χ2v) is 3.59. The molecule has 4 nitrogen and oxygen atoms in total. The molecule has 0 amide bonds. The third-order valence-corrected chi connectivity index (χ3v) is 2.26. The predicted molar refractivity (Wildman–Crippen MR) is 66.0 cm³/mol. The Bertz CT molecular complexity index is 500. The van der Waals surface area contributed by atoms with E-state index >= 15 is 0 Å². The highest BCUT2D eigenvalue weighted by molar-refractivity contribution is 5.37. The van der Waals surface area contributed by atoms with Gasteiger partial charge >= 0.3 is 0 Å². The second-order valence-electron chi connectivity index (χ2n) is 3.59. The van der Waals surface area contributed by atoms with Gasteiger partial charge in [-0.3, -0.25) is 4.98 Å². The number of pyridine rings is 1. The molecule has 2 aromatic rings. The highest BCUT2D eigenvalue weighted by Gasteiger charge is 1.99. The number of ether oxygens (including phenoxy) is 2. The Morgan fingerprint density at radius 2 is 2.00 bits per heavy atom. The maximum atomic E-state index is 5.64. The van der Waals surface area contributed by atoms with Crippen molar-refractivity contribution < 1.29 is 9.47 Å². The highest BCUT2D eigenvalue weighted by atomic mass is 16.5. The van der Waals surface area contributed by atoms with Crippen molar-refractivity contribution in [2.75, 3.05) is 12.8 Å². The molecule has 17 heavy (non-hydrogen) atoms. The van der Waals surface area contributed by atoms with Gasteiger partial charge in [-0.25, -0.2) is 0 Å². The van der Waals surface area contributed by atoms with Crippen LogP contribution in [0, 0.1) is 0 Å². The fourth-order valence-corrected chi connectivity index (χ4v) is 1.44. The van der Waals surface area contributed by atoms with Crippen LogP contribution in [0.4, 0.5) is 5.69 Å². The van der Waals surface area contributed by atoms with Gasteiger partial charge in [-0.05, 0) is 18.2 Å². The Balaban J connectivity index is 2.02. The Kier molecular flexibility index (Phi) is 3.45. The number of benzene rings is 1. The molecular formula is C13H14N2O2. The monoisotopic (exact) mass is 230 g/mol. The van der Waals surface area contributed by atoms with E-state index in [0.29, 0.717) is 12.3 Å². The molecule has 0 spiro atoms. The number of nitrogens with zero attached hydrogens (tertiary/aromatic N) is 1. The summed E-state index contributed by atoms with van der Waals surface area (Å²) in [6.45, 7) is 0.436. The fourth-order valence-electron chi connectivity index (χ4n) is 1.44. The normalized spacial score (nSPS) is 9.94. The van der Waals surface area contributed by atoms with Crippen molar-refractivity contribution in [3.8, 4) is 11.5 Å². The highest BCUT2D eigenvalue weighted by Crippen LogP contribution is 2.20. The maximum Gasteiger partial charge on any atom is 0.123 e. The molecule has 2 N–H and O–H groups in total. The van der Waals surface area contributed by atoms with Crippen LogP contribution in [0.15, 0.2) is 42.7 Å². The van der Waals surface area contributed by atoms with Crippen molar-refractivity contribution in [1.29, 1.82) is 0 Å². The van der Waals surface area contributed by atoms with Crippen molar-refractivity contribution in [2.45, 2.75) is 6.61 Å². The Morgan fingerprint density at radius 1 is 1.18 bits per heavy atom. The molecule has 0 aliphatic heterocycles. The summed E-state index contributed by atoms with van der Waals surface area (Å²) in [5.41, 5.74) is 7.21. The number of rotatable bonds is 4. The number of methoxy groups -OCH3 is 1. The second kappa shape index (κ2) is 5.21. The first-order valence-electron chi connectivity index (χ1n) is 5.24. The largest absolute Gasteiger partial charge is 0.497 e. The van der Waals surface area contributed by atoms with Crippen LogP contribution in [0.2, 0.25) is 0 Å². The Hall–Kier alpha value is -2.23. The lowest BCUT2D eigenvalue weighted by Crippen LogP contribution is -1.97. The molecule has 0 saturated carbocycles. The summed E-state index contributed by atoms with van der Waals surface area (Å²) >= 11 is 0. The summed E-state index contributed by atoms with van der Waals surface area (Å²) in [5, 5.41) is 0. The first-order valence-corrected chi connectivity index (χ1v) is 5.24. The third-order valence-electron chi connectivity index (χ3n) is 2.26. The zero-order chi connectivity index (χ0) is 12.1. The van der Waals surface area contributed by atoms with Crippen molar-refractivity contribution >= 4 is 5.69 Å².